The summed E-state index contributed by atoms with van der Waals surface area (Å²) in [6.07, 6.45) is 1.53. The minimum atomic E-state index is -0.503. The van der Waals surface area contributed by atoms with E-state index in [2.05, 4.69) is 5.32 Å². The number of hydrogen-bond acceptors (Lipinski definition) is 5. The highest BCUT2D eigenvalue weighted by atomic mass is 16.5. The van der Waals surface area contributed by atoms with Crippen LogP contribution in [0.15, 0.2) is 71.3 Å². The highest BCUT2D eigenvalue weighted by Crippen LogP contribution is 2.26. The lowest BCUT2D eigenvalue weighted by Crippen LogP contribution is -2.21. The van der Waals surface area contributed by atoms with Crippen molar-refractivity contribution in [1.82, 2.24) is 0 Å². The lowest BCUT2D eigenvalue weighted by molar-refractivity contribution is -0.146. The van der Waals surface area contributed by atoms with Crippen molar-refractivity contribution in [3.05, 3.63) is 72.5 Å². The van der Waals surface area contributed by atoms with Gasteiger partial charge in [0, 0.05) is 22.7 Å². The first kappa shape index (κ1) is 18.6. The van der Waals surface area contributed by atoms with Crippen LogP contribution in [-0.2, 0) is 20.7 Å². The van der Waals surface area contributed by atoms with Crippen molar-refractivity contribution < 1.29 is 23.5 Å². The molecule has 1 heterocycles. The Kier molecular flexibility index (Phi) is 5.16. The van der Waals surface area contributed by atoms with E-state index in [0.29, 0.717) is 22.6 Å². The Bertz CT molecular complexity index is 1190. The summed E-state index contributed by atoms with van der Waals surface area (Å²) in [5, 5.41) is 5.65. The SMILES string of the molecule is COc1ccc2c(CC(=O)OCC(=O)Nc3ccc4ccccc4c3)coc2c1. The maximum absolute atomic E-state index is 12.1. The summed E-state index contributed by atoms with van der Waals surface area (Å²) in [5.41, 5.74) is 1.98. The average Bonchev–Trinajstić information content (AvgIpc) is 3.14. The summed E-state index contributed by atoms with van der Waals surface area (Å²) < 4.78 is 15.7. The molecule has 0 saturated carbocycles. The molecule has 0 aliphatic heterocycles. The van der Waals surface area contributed by atoms with Gasteiger partial charge in [-0.3, -0.25) is 9.59 Å². The van der Waals surface area contributed by atoms with Crippen LogP contribution in [0.1, 0.15) is 5.56 Å². The summed E-state index contributed by atoms with van der Waals surface area (Å²) in [5.74, 6) is -0.223. The molecule has 6 nitrogen and oxygen atoms in total. The molecule has 1 aromatic heterocycles. The standard InChI is InChI=1S/C23H19NO5/c1-27-19-8-9-20-17(13-28-21(20)12-19)11-23(26)29-14-22(25)24-18-7-6-15-4-2-3-5-16(15)10-18/h2-10,12-13H,11,14H2,1H3,(H,24,25). The third kappa shape index (κ3) is 4.21. The van der Waals surface area contributed by atoms with E-state index in [-0.39, 0.29) is 13.0 Å². The highest BCUT2D eigenvalue weighted by molar-refractivity contribution is 5.96. The Labute approximate surface area is 167 Å². The Balaban J connectivity index is 1.33. The number of furan rings is 1. The van der Waals surface area contributed by atoms with Crippen LogP contribution in [0.2, 0.25) is 0 Å². The van der Waals surface area contributed by atoms with Gasteiger partial charge in [0.25, 0.3) is 5.91 Å². The predicted molar refractivity (Wildman–Crippen MR) is 110 cm³/mol. The Morgan fingerprint density at radius 2 is 1.83 bits per heavy atom. The minimum absolute atomic E-state index is 0.0165. The van der Waals surface area contributed by atoms with E-state index in [1.54, 1.807) is 19.2 Å². The van der Waals surface area contributed by atoms with Crippen molar-refractivity contribution in [2.75, 3.05) is 19.0 Å². The number of nitrogens with one attached hydrogen (secondary N) is 1. The van der Waals surface area contributed by atoms with E-state index >= 15 is 0 Å². The Hall–Kier alpha value is -3.80. The number of benzene rings is 3. The van der Waals surface area contributed by atoms with Crippen LogP contribution >= 0.6 is 0 Å². The van der Waals surface area contributed by atoms with Gasteiger partial charge in [-0.2, -0.15) is 0 Å². The topological polar surface area (TPSA) is 77.8 Å². The summed E-state index contributed by atoms with van der Waals surface area (Å²) in [6, 6.07) is 18.8. The van der Waals surface area contributed by atoms with Crippen molar-refractivity contribution >= 4 is 39.3 Å². The monoisotopic (exact) mass is 389 g/mol. The molecular weight excluding hydrogens is 370 g/mol. The first-order chi connectivity index (χ1) is 14.1. The van der Waals surface area contributed by atoms with Gasteiger partial charge in [0.1, 0.15) is 11.3 Å². The second kappa shape index (κ2) is 8.06. The summed E-state index contributed by atoms with van der Waals surface area (Å²) in [6.45, 7) is -0.352. The maximum Gasteiger partial charge on any atom is 0.310 e. The second-order valence-electron chi connectivity index (χ2n) is 6.57. The normalized spacial score (nSPS) is 10.8. The zero-order chi connectivity index (χ0) is 20.2. The van der Waals surface area contributed by atoms with Crippen molar-refractivity contribution in [1.29, 1.82) is 0 Å². The number of ether oxygens (including phenoxy) is 2. The van der Waals surface area contributed by atoms with Crippen molar-refractivity contribution in [2.45, 2.75) is 6.42 Å². The predicted octanol–water partition coefficient (Wildman–Crippen LogP) is 4.32. The van der Waals surface area contributed by atoms with Crippen molar-refractivity contribution in [3.63, 3.8) is 0 Å². The van der Waals surface area contributed by atoms with Crippen molar-refractivity contribution in [3.8, 4) is 5.75 Å². The first-order valence-electron chi connectivity index (χ1n) is 9.11. The number of amides is 1. The molecule has 0 unspecified atom stereocenters. The number of rotatable bonds is 6. The van der Waals surface area contributed by atoms with E-state index in [9.17, 15) is 9.59 Å². The molecule has 1 N–H and O–H groups in total. The molecule has 4 rings (SSSR count). The molecule has 0 saturated heterocycles. The molecule has 0 atom stereocenters. The molecule has 0 aliphatic rings. The molecule has 0 spiro atoms. The summed E-state index contributed by atoms with van der Waals surface area (Å²) >= 11 is 0. The first-order valence-corrected chi connectivity index (χ1v) is 9.11. The lowest BCUT2D eigenvalue weighted by Gasteiger charge is -2.07. The second-order valence-corrected chi connectivity index (χ2v) is 6.57. The fourth-order valence-electron chi connectivity index (χ4n) is 3.14. The smallest absolute Gasteiger partial charge is 0.310 e. The number of hydrogen-bond donors (Lipinski definition) is 1. The molecule has 146 valence electrons. The van der Waals surface area contributed by atoms with Crippen molar-refractivity contribution in [2.24, 2.45) is 0 Å². The van der Waals surface area contributed by atoms with Crippen LogP contribution in [0.3, 0.4) is 0 Å². The molecule has 1 amide bonds. The number of carbonyl (C=O) groups excluding carboxylic acids is 2. The van der Waals surface area contributed by atoms with Gasteiger partial charge in [0.2, 0.25) is 0 Å². The molecule has 0 radical (unpaired) electrons. The zero-order valence-electron chi connectivity index (χ0n) is 15.8. The Morgan fingerprint density at radius 1 is 1.00 bits per heavy atom. The number of methoxy groups -OCH3 is 1. The quantitative estimate of drug-likeness (QED) is 0.497. The molecule has 3 aromatic carbocycles. The molecule has 0 fully saturated rings. The Morgan fingerprint density at radius 3 is 2.66 bits per heavy atom. The number of carbonyl (C=O) groups is 2. The number of anilines is 1. The van der Waals surface area contributed by atoms with Gasteiger partial charge in [-0.25, -0.2) is 0 Å². The number of esters is 1. The number of fused-ring (bicyclic) bond motifs is 2. The zero-order valence-corrected chi connectivity index (χ0v) is 15.8. The summed E-state index contributed by atoms with van der Waals surface area (Å²) in [4.78, 5) is 24.3. The molecule has 0 aliphatic carbocycles. The van der Waals surface area contributed by atoms with E-state index in [0.717, 1.165) is 16.2 Å². The van der Waals surface area contributed by atoms with E-state index in [1.165, 1.54) is 6.26 Å². The van der Waals surface area contributed by atoms with Crippen LogP contribution in [0.4, 0.5) is 5.69 Å². The van der Waals surface area contributed by atoms with E-state index in [4.69, 9.17) is 13.9 Å². The van der Waals surface area contributed by atoms with E-state index < -0.39 is 11.9 Å². The molecule has 0 bridgehead atoms. The van der Waals surface area contributed by atoms with Gasteiger partial charge in [0.15, 0.2) is 6.61 Å². The van der Waals surface area contributed by atoms with Gasteiger partial charge < -0.3 is 19.2 Å². The van der Waals surface area contributed by atoms with Gasteiger partial charge >= 0.3 is 5.97 Å². The fourth-order valence-corrected chi connectivity index (χ4v) is 3.14. The van der Waals surface area contributed by atoms with Gasteiger partial charge in [0.05, 0.1) is 19.8 Å². The third-order valence-corrected chi connectivity index (χ3v) is 4.60. The maximum atomic E-state index is 12.1. The van der Waals surface area contributed by atoms with Crippen LogP contribution < -0.4 is 10.1 Å². The molecule has 6 heteroatoms. The van der Waals surface area contributed by atoms with Crippen LogP contribution in [0.25, 0.3) is 21.7 Å². The fraction of sp³-hybridized carbons (Fsp3) is 0.130. The molecule has 29 heavy (non-hydrogen) atoms. The minimum Gasteiger partial charge on any atom is -0.497 e. The summed E-state index contributed by atoms with van der Waals surface area (Å²) in [7, 11) is 1.57. The molecular formula is C23H19NO5. The average molecular weight is 389 g/mol. The van der Waals surface area contributed by atoms with E-state index in [1.807, 2.05) is 48.5 Å². The third-order valence-electron chi connectivity index (χ3n) is 4.60. The van der Waals surface area contributed by atoms with Gasteiger partial charge in [-0.1, -0.05) is 30.3 Å². The van der Waals surface area contributed by atoms with Crippen LogP contribution in [-0.4, -0.2) is 25.6 Å². The lowest BCUT2D eigenvalue weighted by atomic mass is 10.1. The van der Waals surface area contributed by atoms with Crippen LogP contribution in [0.5, 0.6) is 5.75 Å². The van der Waals surface area contributed by atoms with Gasteiger partial charge in [-0.15, -0.1) is 0 Å². The van der Waals surface area contributed by atoms with Crippen LogP contribution in [0, 0.1) is 0 Å². The van der Waals surface area contributed by atoms with Gasteiger partial charge in [-0.05, 0) is 35.0 Å². The molecule has 4 aromatic rings. The largest absolute Gasteiger partial charge is 0.497 e. The highest BCUT2D eigenvalue weighted by Gasteiger charge is 2.14.